The smallest absolute Gasteiger partial charge is 0.427 e. The monoisotopic (exact) mass is 865 g/mol. The molecule has 0 spiro atoms. The Bertz CT molecular complexity index is 2160. The molecule has 20 heteroatoms. The van der Waals surface area contributed by atoms with Crippen LogP contribution in [0.2, 0.25) is 0 Å². The molecule has 3 N–H and O–H groups in total. The summed E-state index contributed by atoms with van der Waals surface area (Å²) < 4.78 is 85.6. The Balaban J connectivity index is 1.38. The number of nitrogens with one attached hydrogen (secondary N) is 3. The summed E-state index contributed by atoms with van der Waals surface area (Å²) in [7, 11) is 0.887. The first-order valence-corrected chi connectivity index (χ1v) is 21.5. The van der Waals surface area contributed by atoms with Gasteiger partial charge in [-0.25, -0.2) is 18.2 Å². The summed E-state index contributed by atoms with van der Waals surface area (Å²) in [5, 5.41) is 5.68. The minimum Gasteiger partial charge on any atom is -0.497 e. The molecule has 2 aliphatic carbocycles. The third kappa shape index (κ3) is 9.07. The molecule has 7 atom stereocenters. The molecule has 2 aromatic rings. The minimum absolute atomic E-state index is 0.0491. The number of amides is 4. The molecule has 2 saturated carbocycles. The van der Waals surface area contributed by atoms with Crippen molar-refractivity contribution in [3.63, 3.8) is 0 Å². The van der Waals surface area contributed by atoms with Crippen molar-refractivity contribution in [1.82, 2.24) is 30.2 Å². The van der Waals surface area contributed by atoms with Gasteiger partial charge in [-0.15, -0.1) is 0 Å². The Morgan fingerprint density at radius 1 is 1.08 bits per heavy atom. The zero-order chi connectivity index (χ0) is 44.2. The Morgan fingerprint density at radius 2 is 1.78 bits per heavy atom. The number of alkyl carbamates (subject to hydrolysis) is 1. The molecule has 1 saturated heterocycles. The Labute approximate surface area is 347 Å². The van der Waals surface area contributed by atoms with E-state index in [1.807, 2.05) is 13.0 Å². The molecule has 6 rings (SSSR count). The summed E-state index contributed by atoms with van der Waals surface area (Å²) in [4.78, 5) is 68.6. The van der Waals surface area contributed by atoms with Gasteiger partial charge >= 0.3 is 12.3 Å². The summed E-state index contributed by atoms with van der Waals surface area (Å²) >= 11 is 0. The number of hydrogen-bond donors (Lipinski definition) is 3. The third-order valence-corrected chi connectivity index (χ3v) is 14.2. The topological polar surface area (TPSA) is 198 Å². The molecule has 1 aromatic heterocycles. The van der Waals surface area contributed by atoms with Gasteiger partial charge in [-0.2, -0.15) is 18.2 Å². The lowest BCUT2D eigenvalue weighted by molar-refractivity contribution is -0.244. The Morgan fingerprint density at radius 3 is 2.42 bits per heavy atom. The van der Waals surface area contributed by atoms with E-state index in [-0.39, 0.29) is 37.1 Å². The second-order valence-corrected chi connectivity index (χ2v) is 19.8. The number of allylic oxidation sites excluding steroid dienone is 1. The highest BCUT2D eigenvalue weighted by molar-refractivity contribution is 7.91. The zero-order valence-corrected chi connectivity index (χ0v) is 35.8. The molecule has 0 radical (unpaired) electrons. The number of carbonyl (C=O) groups is 4. The number of alkyl halides is 3. The number of aromatic nitrogens is 2. The maximum Gasteiger partial charge on any atom is 0.427 e. The number of sulfonamides is 1. The van der Waals surface area contributed by atoms with Crippen molar-refractivity contribution in [2.24, 2.45) is 17.8 Å². The number of halogens is 3. The van der Waals surface area contributed by atoms with Gasteiger partial charge in [-0.05, 0) is 83.3 Å². The average Bonchev–Trinajstić information content (AvgIpc) is 4.04. The first-order chi connectivity index (χ1) is 27.9. The predicted octanol–water partition coefficient (Wildman–Crippen LogP) is 4.37. The largest absolute Gasteiger partial charge is 0.497 e. The van der Waals surface area contributed by atoms with E-state index in [0.717, 1.165) is 0 Å². The molecule has 2 aliphatic heterocycles. The van der Waals surface area contributed by atoms with Crippen molar-refractivity contribution >= 4 is 50.7 Å². The molecule has 0 bridgehead atoms. The highest BCUT2D eigenvalue weighted by Crippen LogP contribution is 2.48. The van der Waals surface area contributed by atoms with Crippen LogP contribution in [0, 0.1) is 17.8 Å². The number of nitrogens with zero attached hydrogens (tertiary/aromatic N) is 4. The number of methoxy groups -OCH3 is 1. The van der Waals surface area contributed by atoms with Crippen molar-refractivity contribution in [1.29, 1.82) is 0 Å². The number of anilines is 1. The van der Waals surface area contributed by atoms with Crippen LogP contribution in [0.5, 0.6) is 11.6 Å². The van der Waals surface area contributed by atoms with Crippen LogP contribution in [0.1, 0.15) is 79.6 Å². The second-order valence-electron chi connectivity index (χ2n) is 17.6. The number of ether oxygens (including phenoxy) is 3. The van der Waals surface area contributed by atoms with E-state index in [9.17, 15) is 40.8 Å². The Kier molecular flexibility index (Phi) is 12.1. The molecule has 1 aromatic carbocycles. The maximum atomic E-state index is 14.8. The van der Waals surface area contributed by atoms with Crippen LogP contribution in [-0.2, 0) is 29.1 Å². The molecular weight excluding hydrogens is 812 g/mol. The van der Waals surface area contributed by atoms with E-state index in [1.165, 1.54) is 18.9 Å². The number of rotatable bonds is 9. The van der Waals surface area contributed by atoms with E-state index < -0.39 is 85.9 Å². The first-order valence-electron chi connectivity index (χ1n) is 20.0. The van der Waals surface area contributed by atoms with Gasteiger partial charge in [0.2, 0.25) is 39.3 Å². The molecule has 1 unspecified atom stereocenters. The van der Waals surface area contributed by atoms with Crippen molar-refractivity contribution in [3.8, 4) is 11.6 Å². The van der Waals surface area contributed by atoms with E-state index in [4.69, 9.17) is 14.2 Å². The first kappa shape index (κ1) is 44.7. The van der Waals surface area contributed by atoms with Crippen molar-refractivity contribution in [3.05, 3.63) is 30.4 Å². The number of benzene rings is 1. The summed E-state index contributed by atoms with van der Waals surface area (Å²) in [5.74, 6) is -2.82. The quantitative estimate of drug-likeness (QED) is 0.302. The highest BCUT2D eigenvalue weighted by Gasteiger charge is 2.63. The van der Waals surface area contributed by atoms with E-state index in [1.54, 1.807) is 50.2 Å². The molecule has 60 heavy (non-hydrogen) atoms. The van der Waals surface area contributed by atoms with Gasteiger partial charge in [0.15, 0.2) is 0 Å². The summed E-state index contributed by atoms with van der Waals surface area (Å²) in [6, 6.07) is 2.28. The highest BCUT2D eigenvalue weighted by atomic mass is 32.2. The number of hydrogen-bond acceptors (Lipinski definition) is 12. The molecule has 4 amide bonds. The lowest BCUT2D eigenvalue weighted by Gasteiger charge is -2.34. The molecule has 16 nitrogen and oxygen atoms in total. The van der Waals surface area contributed by atoms with E-state index >= 15 is 0 Å². The predicted molar refractivity (Wildman–Crippen MR) is 213 cm³/mol. The minimum atomic E-state index is -4.92. The van der Waals surface area contributed by atoms with Gasteiger partial charge in [-0.1, -0.05) is 26.0 Å². The lowest BCUT2D eigenvalue weighted by Crippen LogP contribution is -2.59. The normalized spacial score (nSPS) is 28.8. The maximum absolute atomic E-state index is 14.8. The second kappa shape index (κ2) is 16.2. The van der Waals surface area contributed by atoms with Crippen LogP contribution in [0.4, 0.5) is 23.9 Å². The average molecular weight is 866 g/mol. The standard InChI is InChI=1S/C40H54F3N7O9S/c1-22-11-9-10-12-24-20-39(24,34(53)48-60(55,56)38(5)15-16-38)47-31(51)29-19-26(58-32-27-14-13-25(57-8)18-28(27)44-35(46-32)49(6)7)21-50(29)33(52)30(23(2)17-22)45-36(54)59-37(3,4)40(41,42)43/h10,12-14,18,22-24,26,29-30H,9,11,15-17,19-21H2,1-8H3,(H,45,54)(H,47,51)(H,48,53)/b12-10-/t22-,23+,24?,26+,29-,30-,39+/m0/s1. The fourth-order valence-corrected chi connectivity index (χ4v) is 9.00. The summed E-state index contributed by atoms with van der Waals surface area (Å²) in [6.45, 7) is 6.29. The zero-order valence-electron chi connectivity index (χ0n) is 35.0. The lowest BCUT2D eigenvalue weighted by atomic mass is 9.88. The third-order valence-electron chi connectivity index (χ3n) is 12.1. The van der Waals surface area contributed by atoms with Crippen molar-refractivity contribution < 1.29 is 55.0 Å². The molecule has 330 valence electrons. The van der Waals surface area contributed by atoms with Gasteiger partial charge in [-0.3, -0.25) is 19.1 Å². The molecule has 4 aliphatic rings. The van der Waals surface area contributed by atoms with Crippen molar-refractivity contribution in [2.75, 3.05) is 32.6 Å². The van der Waals surface area contributed by atoms with Crippen LogP contribution in [0.25, 0.3) is 10.9 Å². The van der Waals surface area contributed by atoms with Crippen LogP contribution < -0.4 is 29.7 Å². The van der Waals surface area contributed by atoms with Gasteiger partial charge in [0.1, 0.15) is 29.5 Å². The van der Waals surface area contributed by atoms with Crippen LogP contribution in [0.3, 0.4) is 0 Å². The molecule has 3 fully saturated rings. The van der Waals surface area contributed by atoms with Gasteiger partial charge in [0.05, 0.1) is 29.3 Å². The van der Waals surface area contributed by atoms with Gasteiger partial charge in [0, 0.05) is 32.5 Å². The molecule has 3 heterocycles. The number of carbonyl (C=O) groups excluding carboxylic acids is 4. The van der Waals surface area contributed by atoms with Gasteiger partial charge < -0.3 is 34.6 Å². The summed E-state index contributed by atoms with van der Waals surface area (Å²) in [5.41, 5.74) is -4.08. The van der Waals surface area contributed by atoms with E-state index in [2.05, 4.69) is 25.3 Å². The van der Waals surface area contributed by atoms with Crippen LogP contribution >= 0.6 is 0 Å². The fraction of sp³-hybridized carbons (Fsp3) is 0.650. The van der Waals surface area contributed by atoms with E-state index in [0.29, 0.717) is 62.6 Å². The molecular formula is C40H54F3N7O9S. The summed E-state index contributed by atoms with van der Waals surface area (Å²) in [6.07, 6.45) is -1.49. The fourth-order valence-electron chi connectivity index (χ4n) is 7.69. The number of fused-ring (bicyclic) bond motifs is 3. The van der Waals surface area contributed by atoms with Crippen LogP contribution in [-0.4, -0.2) is 115 Å². The van der Waals surface area contributed by atoms with Crippen LogP contribution in [0.15, 0.2) is 30.4 Å². The Hall–Kier alpha value is -4.88. The van der Waals surface area contributed by atoms with Crippen molar-refractivity contribution in [2.45, 2.75) is 120 Å². The SMILES string of the molecule is COc1ccc2c(O[C@@H]3C[C@H]4C(=O)N[C@]5(C(=O)NS(=O)(=O)C6(C)CC6)CC5/C=C\CC[C@H](C)C[C@@H](C)[C@H](NC(=O)OC(C)(C)C(F)(F)F)C(=O)N4C3)nc(N(C)C)nc2c1. The van der Waals surface area contributed by atoms with Gasteiger partial charge in [0.25, 0.3) is 5.91 Å².